The highest BCUT2D eigenvalue weighted by molar-refractivity contribution is 7.98. The molecule has 0 fully saturated rings. The topological polar surface area (TPSA) is 49.6 Å². The monoisotopic (exact) mass is 267 g/mol. The third-order valence-corrected chi connectivity index (χ3v) is 3.59. The summed E-state index contributed by atoms with van der Waals surface area (Å²) < 4.78 is 0. The second-order valence-electron chi connectivity index (χ2n) is 2.81. The van der Waals surface area contributed by atoms with Crippen LogP contribution in [-0.2, 0) is 0 Å². The molecule has 0 atom stereocenters. The largest absolute Gasteiger partial charge is 0.220 e. The first-order valence-corrected chi connectivity index (χ1v) is 6.80. The molecule has 80 valence electrons. The summed E-state index contributed by atoms with van der Waals surface area (Å²) in [5.41, 5.74) is 0.948. The Labute approximate surface area is 106 Å². The van der Waals surface area contributed by atoms with E-state index in [4.69, 9.17) is 16.9 Å². The average molecular weight is 268 g/mol. The maximum Gasteiger partial charge on any atom is 0.189 e. The summed E-state index contributed by atoms with van der Waals surface area (Å²) in [4.78, 5) is 9.28. The number of thiophene rings is 1. The molecule has 0 aliphatic carbocycles. The zero-order valence-electron chi connectivity index (χ0n) is 8.27. The minimum absolute atomic E-state index is 0.213. The Bertz CT molecular complexity index is 546. The molecule has 2 heterocycles. The fraction of sp³-hybridized carbons (Fsp3) is 0.100. The van der Waals surface area contributed by atoms with Gasteiger partial charge in [0.05, 0.1) is 4.88 Å². The molecule has 2 aromatic rings. The van der Waals surface area contributed by atoms with E-state index in [0.717, 1.165) is 4.88 Å². The van der Waals surface area contributed by atoms with Crippen LogP contribution in [0.1, 0.15) is 5.56 Å². The van der Waals surface area contributed by atoms with Crippen molar-refractivity contribution in [1.82, 2.24) is 9.97 Å². The van der Waals surface area contributed by atoms with Crippen molar-refractivity contribution in [2.45, 2.75) is 5.16 Å². The third kappa shape index (κ3) is 2.05. The van der Waals surface area contributed by atoms with Crippen LogP contribution in [0.15, 0.2) is 22.7 Å². The molecule has 3 nitrogen and oxygen atoms in total. The molecule has 0 radical (unpaired) electrons. The number of halogens is 1. The van der Waals surface area contributed by atoms with E-state index in [0.29, 0.717) is 16.4 Å². The van der Waals surface area contributed by atoms with Crippen LogP contribution in [0, 0.1) is 11.3 Å². The molecular weight excluding hydrogens is 262 g/mol. The van der Waals surface area contributed by atoms with E-state index in [9.17, 15) is 0 Å². The summed E-state index contributed by atoms with van der Waals surface area (Å²) in [6.07, 6.45) is 1.87. The van der Waals surface area contributed by atoms with Crippen LogP contribution in [0.4, 0.5) is 0 Å². The van der Waals surface area contributed by atoms with E-state index >= 15 is 0 Å². The number of rotatable bonds is 2. The van der Waals surface area contributed by atoms with Crippen LogP contribution >= 0.6 is 34.7 Å². The first-order valence-electron chi connectivity index (χ1n) is 4.31. The lowest BCUT2D eigenvalue weighted by atomic mass is 10.2. The fourth-order valence-corrected chi connectivity index (χ4v) is 2.54. The van der Waals surface area contributed by atoms with Crippen molar-refractivity contribution in [3.05, 3.63) is 28.2 Å². The van der Waals surface area contributed by atoms with Crippen LogP contribution in [-0.4, -0.2) is 16.2 Å². The molecule has 0 spiro atoms. The zero-order valence-corrected chi connectivity index (χ0v) is 10.7. The quantitative estimate of drug-likeness (QED) is 0.475. The molecule has 2 aromatic heterocycles. The molecule has 2 rings (SSSR count). The predicted molar refractivity (Wildman–Crippen MR) is 66.9 cm³/mol. The predicted octanol–water partition coefficient (Wildman–Crippen LogP) is 3.45. The molecule has 0 aliphatic heterocycles. The molecule has 0 saturated heterocycles. The van der Waals surface area contributed by atoms with E-state index in [2.05, 4.69) is 9.97 Å². The van der Waals surface area contributed by atoms with Gasteiger partial charge in [0.15, 0.2) is 10.3 Å². The Morgan fingerprint density at radius 3 is 2.88 bits per heavy atom. The van der Waals surface area contributed by atoms with Gasteiger partial charge >= 0.3 is 0 Å². The van der Waals surface area contributed by atoms with Crippen LogP contribution in [0.25, 0.3) is 10.6 Å². The van der Waals surface area contributed by atoms with E-state index in [1.165, 1.54) is 23.1 Å². The molecule has 6 heteroatoms. The average Bonchev–Trinajstić information content (AvgIpc) is 2.81. The van der Waals surface area contributed by atoms with Crippen molar-refractivity contribution < 1.29 is 0 Å². The summed E-state index contributed by atoms with van der Waals surface area (Å²) in [5.74, 6) is 0. The Hall–Kier alpha value is -1.09. The lowest BCUT2D eigenvalue weighted by molar-refractivity contribution is 0.972. The van der Waals surface area contributed by atoms with Gasteiger partial charge in [0.25, 0.3) is 0 Å². The Morgan fingerprint density at radius 1 is 1.50 bits per heavy atom. The van der Waals surface area contributed by atoms with Gasteiger partial charge in [-0.1, -0.05) is 29.4 Å². The number of nitriles is 1. The summed E-state index contributed by atoms with van der Waals surface area (Å²) in [7, 11) is 0. The highest BCUT2D eigenvalue weighted by Crippen LogP contribution is 2.30. The standard InChI is InChI=1S/C10H6ClN3S2/c1-15-10-13-8(7-3-2-4-16-7)6(5-12)9(11)14-10/h2-4H,1H3. The molecule has 0 saturated carbocycles. The van der Waals surface area contributed by atoms with Gasteiger partial charge in [0, 0.05) is 0 Å². The lowest BCUT2D eigenvalue weighted by Crippen LogP contribution is -1.95. The minimum atomic E-state index is 0.213. The van der Waals surface area contributed by atoms with Crippen LogP contribution in [0.3, 0.4) is 0 Å². The summed E-state index contributed by atoms with van der Waals surface area (Å²) >= 11 is 8.87. The second kappa shape index (κ2) is 4.83. The van der Waals surface area contributed by atoms with E-state index < -0.39 is 0 Å². The molecule has 16 heavy (non-hydrogen) atoms. The smallest absolute Gasteiger partial charge is 0.189 e. The van der Waals surface area contributed by atoms with Gasteiger partial charge < -0.3 is 0 Å². The van der Waals surface area contributed by atoms with Gasteiger partial charge in [-0.15, -0.1) is 11.3 Å². The molecule has 0 bridgehead atoms. The molecule has 0 N–H and O–H groups in total. The Kier molecular flexibility index (Phi) is 3.44. The zero-order chi connectivity index (χ0) is 11.5. The van der Waals surface area contributed by atoms with E-state index in [-0.39, 0.29) is 5.15 Å². The fourth-order valence-electron chi connectivity index (χ4n) is 1.20. The highest BCUT2D eigenvalue weighted by Gasteiger charge is 2.14. The van der Waals surface area contributed by atoms with Gasteiger partial charge in [0.2, 0.25) is 0 Å². The summed E-state index contributed by atoms with van der Waals surface area (Å²) in [6, 6.07) is 5.87. The number of aromatic nitrogens is 2. The number of hydrogen-bond acceptors (Lipinski definition) is 5. The summed E-state index contributed by atoms with van der Waals surface area (Å²) in [6.45, 7) is 0. The maximum absolute atomic E-state index is 9.05. The molecule has 0 aromatic carbocycles. The normalized spacial score (nSPS) is 10.1. The molecule has 0 amide bonds. The van der Waals surface area contributed by atoms with E-state index in [1.54, 1.807) is 0 Å². The van der Waals surface area contributed by atoms with Gasteiger partial charge in [-0.3, -0.25) is 0 Å². The maximum atomic E-state index is 9.05. The van der Waals surface area contributed by atoms with Crippen molar-refractivity contribution in [1.29, 1.82) is 5.26 Å². The van der Waals surface area contributed by atoms with Crippen LogP contribution in [0.5, 0.6) is 0 Å². The number of nitrogens with zero attached hydrogens (tertiary/aromatic N) is 3. The molecular formula is C10H6ClN3S2. The van der Waals surface area contributed by atoms with Crippen molar-refractivity contribution in [2.24, 2.45) is 0 Å². The second-order valence-corrected chi connectivity index (χ2v) is 4.89. The lowest BCUT2D eigenvalue weighted by Gasteiger charge is -2.04. The number of thioether (sulfide) groups is 1. The highest BCUT2D eigenvalue weighted by atomic mass is 35.5. The van der Waals surface area contributed by atoms with Crippen molar-refractivity contribution in [3.63, 3.8) is 0 Å². The Balaban J connectivity index is 2.67. The van der Waals surface area contributed by atoms with E-state index in [1.807, 2.05) is 29.8 Å². The van der Waals surface area contributed by atoms with Crippen molar-refractivity contribution >= 4 is 34.7 Å². The van der Waals surface area contributed by atoms with Crippen LogP contribution in [0.2, 0.25) is 5.15 Å². The van der Waals surface area contributed by atoms with Gasteiger partial charge in [-0.05, 0) is 17.7 Å². The number of hydrogen-bond donors (Lipinski definition) is 0. The third-order valence-electron chi connectivity index (χ3n) is 1.89. The SMILES string of the molecule is CSc1nc(Cl)c(C#N)c(-c2cccs2)n1. The molecule has 0 unspecified atom stereocenters. The van der Waals surface area contributed by atoms with Gasteiger partial charge in [-0.25, -0.2) is 9.97 Å². The first kappa shape index (κ1) is 11.4. The van der Waals surface area contributed by atoms with Gasteiger partial charge in [0.1, 0.15) is 17.3 Å². The van der Waals surface area contributed by atoms with Crippen molar-refractivity contribution in [2.75, 3.05) is 6.26 Å². The minimum Gasteiger partial charge on any atom is -0.220 e. The summed E-state index contributed by atoms with van der Waals surface area (Å²) in [5, 5.41) is 11.8. The van der Waals surface area contributed by atoms with Crippen LogP contribution < -0.4 is 0 Å². The Morgan fingerprint density at radius 2 is 2.31 bits per heavy atom. The van der Waals surface area contributed by atoms with Gasteiger partial charge in [-0.2, -0.15) is 5.26 Å². The first-order chi connectivity index (χ1) is 7.76. The van der Waals surface area contributed by atoms with Crippen molar-refractivity contribution in [3.8, 4) is 16.6 Å². The molecule has 0 aliphatic rings.